The van der Waals surface area contributed by atoms with E-state index < -0.39 is 11.9 Å². The Labute approximate surface area is 162 Å². The maximum atomic E-state index is 12.8. The number of hydrazine groups is 1. The molecule has 146 valence electrons. The minimum absolute atomic E-state index is 0.0454. The van der Waals surface area contributed by atoms with Gasteiger partial charge in [0.2, 0.25) is 11.7 Å². The first kappa shape index (κ1) is 18.2. The Morgan fingerprint density at radius 3 is 2.86 bits per heavy atom. The van der Waals surface area contributed by atoms with E-state index in [0.717, 1.165) is 17.0 Å². The third-order valence-corrected chi connectivity index (χ3v) is 5.03. The highest BCUT2D eigenvalue weighted by molar-refractivity contribution is 5.95. The van der Waals surface area contributed by atoms with Crippen LogP contribution in [-0.2, 0) is 11.2 Å². The summed E-state index contributed by atoms with van der Waals surface area (Å²) in [4.78, 5) is 31.3. The van der Waals surface area contributed by atoms with Crippen LogP contribution in [0.5, 0.6) is 0 Å². The van der Waals surface area contributed by atoms with Crippen molar-refractivity contribution in [2.45, 2.75) is 25.3 Å². The molecule has 2 aliphatic heterocycles. The fourth-order valence-electron chi connectivity index (χ4n) is 3.56. The number of nitrogens with zero attached hydrogens (tertiary/aromatic N) is 4. The van der Waals surface area contributed by atoms with Gasteiger partial charge in [-0.1, -0.05) is 30.3 Å². The van der Waals surface area contributed by atoms with E-state index in [0.29, 0.717) is 31.6 Å². The van der Waals surface area contributed by atoms with Crippen LogP contribution in [0, 0.1) is 0 Å². The minimum Gasteiger partial charge on any atom is -0.337 e. The molecule has 0 bridgehead atoms. The molecular formula is C19H23N7O2. The molecule has 3 heterocycles. The number of likely N-dealkylation sites (N-methyl/N-ethyl adjacent to an activating group) is 2. The number of H-pyrrole nitrogens is 1. The first-order chi connectivity index (χ1) is 13.5. The van der Waals surface area contributed by atoms with Gasteiger partial charge in [0, 0.05) is 26.2 Å². The summed E-state index contributed by atoms with van der Waals surface area (Å²) in [6.45, 7) is 0.655. The number of aromatic nitrogens is 3. The summed E-state index contributed by atoms with van der Waals surface area (Å²) in [5.41, 5.74) is 6.31. The van der Waals surface area contributed by atoms with Gasteiger partial charge >= 0.3 is 0 Å². The standard InChI is InChI=1S/C19H23N7O2/c1-25-11-15-13(24-25)8-9-14(19(28)26(15)2)20-18(27)17-21-16(22-23-17)10-12-6-4-3-5-7-12/h3-7,14,24H,8-11H2,1-2H3,(H,20,27)(H,21,22,23)/t14-/m1/s1. The predicted molar refractivity (Wildman–Crippen MR) is 102 cm³/mol. The molecule has 3 N–H and O–H groups in total. The average Bonchev–Trinajstić information content (AvgIpc) is 3.28. The summed E-state index contributed by atoms with van der Waals surface area (Å²) >= 11 is 0. The lowest BCUT2D eigenvalue weighted by Gasteiger charge is -2.23. The van der Waals surface area contributed by atoms with Crippen LogP contribution < -0.4 is 10.7 Å². The highest BCUT2D eigenvalue weighted by Crippen LogP contribution is 2.24. The zero-order valence-corrected chi connectivity index (χ0v) is 15.9. The molecule has 1 aromatic heterocycles. The van der Waals surface area contributed by atoms with E-state index in [1.165, 1.54) is 0 Å². The van der Waals surface area contributed by atoms with E-state index in [1.54, 1.807) is 11.9 Å². The molecule has 9 heteroatoms. The summed E-state index contributed by atoms with van der Waals surface area (Å²) in [5.74, 6) is 0.0717. The number of amides is 2. The number of aromatic amines is 1. The van der Waals surface area contributed by atoms with Gasteiger partial charge in [0.05, 0.1) is 12.2 Å². The van der Waals surface area contributed by atoms with Crippen LogP contribution in [0.25, 0.3) is 0 Å². The number of hydrogen-bond donors (Lipinski definition) is 3. The molecule has 1 aromatic carbocycles. The Morgan fingerprint density at radius 1 is 1.29 bits per heavy atom. The van der Waals surface area contributed by atoms with Gasteiger partial charge in [-0.2, -0.15) is 0 Å². The topological polar surface area (TPSA) is 106 Å². The summed E-state index contributed by atoms with van der Waals surface area (Å²) < 4.78 is 0. The molecule has 0 saturated heterocycles. The molecular weight excluding hydrogens is 358 g/mol. The van der Waals surface area contributed by atoms with Crippen LogP contribution in [0.3, 0.4) is 0 Å². The molecule has 0 saturated carbocycles. The number of benzene rings is 1. The lowest BCUT2D eigenvalue weighted by atomic mass is 10.1. The van der Waals surface area contributed by atoms with Crippen molar-refractivity contribution in [3.05, 3.63) is 58.9 Å². The van der Waals surface area contributed by atoms with E-state index in [1.807, 2.05) is 42.4 Å². The molecule has 0 aliphatic carbocycles. The van der Waals surface area contributed by atoms with Crippen molar-refractivity contribution >= 4 is 11.8 Å². The number of rotatable bonds is 4. The lowest BCUT2D eigenvalue weighted by Crippen LogP contribution is -2.47. The van der Waals surface area contributed by atoms with Gasteiger partial charge < -0.3 is 15.6 Å². The number of carbonyl (C=O) groups is 2. The molecule has 4 rings (SSSR count). The molecule has 0 fully saturated rings. The van der Waals surface area contributed by atoms with Crippen molar-refractivity contribution in [3.63, 3.8) is 0 Å². The molecule has 0 unspecified atom stereocenters. The summed E-state index contributed by atoms with van der Waals surface area (Å²) in [6.07, 6.45) is 1.77. The third-order valence-electron chi connectivity index (χ3n) is 5.03. The SMILES string of the molecule is CN1CC2=C(CC[C@@H](NC(=O)c3n[nH]c(Cc4ccccc4)n3)C(=O)N2C)N1. The van der Waals surface area contributed by atoms with Crippen molar-refractivity contribution < 1.29 is 9.59 Å². The summed E-state index contributed by atoms with van der Waals surface area (Å²) in [6, 6.07) is 9.21. The molecule has 9 nitrogen and oxygen atoms in total. The van der Waals surface area contributed by atoms with Gasteiger partial charge in [0.25, 0.3) is 5.91 Å². The van der Waals surface area contributed by atoms with Crippen LogP contribution in [-0.4, -0.2) is 63.6 Å². The average molecular weight is 381 g/mol. The lowest BCUT2D eigenvalue weighted by molar-refractivity contribution is -0.130. The zero-order valence-electron chi connectivity index (χ0n) is 15.9. The summed E-state index contributed by atoms with van der Waals surface area (Å²) in [5, 5.41) is 11.5. The van der Waals surface area contributed by atoms with Crippen LogP contribution in [0.4, 0.5) is 0 Å². The van der Waals surface area contributed by atoms with Crippen molar-refractivity contribution in [1.82, 2.24) is 35.8 Å². The monoisotopic (exact) mass is 381 g/mol. The summed E-state index contributed by atoms with van der Waals surface area (Å²) in [7, 11) is 3.68. The Morgan fingerprint density at radius 2 is 2.07 bits per heavy atom. The second-order valence-electron chi connectivity index (χ2n) is 7.12. The maximum absolute atomic E-state index is 12.8. The van der Waals surface area contributed by atoms with Gasteiger partial charge in [-0.15, -0.1) is 5.10 Å². The fourth-order valence-corrected chi connectivity index (χ4v) is 3.56. The van der Waals surface area contributed by atoms with E-state index in [4.69, 9.17) is 0 Å². The van der Waals surface area contributed by atoms with Crippen molar-refractivity contribution in [3.8, 4) is 0 Å². The molecule has 1 atom stereocenters. The first-order valence-corrected chi connectivity index (χ1v) is 9.24. The number of carbonyl (C=O) groups excluding carboxylic acids is 2. The Balaban J connectivity index is 1.41. The first-order valence-electron chi connectivity index (χ1n) is 9.24. The smallest absolute Gasteiger partial charge is 0.291 e. The molecule has 28 heavy (non-hydrogen) atoms. The Hall–Kier alpha value is -3.20. The quantitative estimate of drug-likeness (QED) is 0.708. The molecule has 2 aliphatic rings. The second-order valence-corrected chi connectivity index (χ2v) is 7.12. The van der Waals surface area contributed by atoms with E-state index in [2.05, 4.69) is 25.9 Å². The van der Waals surface area contributed by atoms with Gasteiger partial charge in [0.1, 0.15) is 11.9 Å². The molecule has 2 amide bonds. The minimum atomic E-state index is -0.605. The van der Waals surface area contributed by atoms with Gasteiger partial charge in [-0.25, -0.2) is 9.99 Å². The van der Waals surface area contributed by atoms with Crippen molar-refractivity contribution in [1.29, 1.82) is 0 Å². The Kier molecular flexibility index (Phi) is 4.82. The number of nitrogens with one attached hydrogen (secondary N) is 3. The highest BCUT2D eigenvalue weighted by Gasteiger charge is 2.34. The van der Waals surface area contributed by atoms with Gasteiger partial charge in [-0.05, 0) is 18.4 Å². The van der Waals surface area contributed by atoms with Crippen LogP contribution in [0.2, 0.25) is 0 Å². The second kappa shape index (κ2) is 7.43. The Bertz CT molecular complexity index is 921. The van der Waals surface area contributed by atoms with E-state index in [-0.39, 0.29) is 11.7 Å². The third kappa shape index (κ3) is 3.61. The van der Waals surface area contributed by atoms with Crippen LogP contribution in [0.1, 0.15) is 34.8 Å². The largest absolute Gasteiger partial charge is 0.337 e. The number of allylic oxidation sites excluding steroid dienone is 1. The van der Waals surface area contributed by atoms with E-state index >= 15 is 0 Å². The van der Waals surface area contributed by atoms with Crippen LogP contribution in [0.15, 0.2) is 41.7 Å². The van der Waals surface area contributed by atoms with Crippen LogP contribution >= 0.6 is 0 Å². The van der Waals surface area contributed by atoms with Crippen molar-refractivity contribution in [2.24, 2.45) is 0 Å². The van der Waals surface area contributed by atoms with E-state index in [9.17, 15) is 9.59 Å². The maximum Gasteiger partial charge on any atom is 0.291 e. The molecule has 0 spiro atoms. The highest BCUT2D eigenvalue weighted by atomic mass is 16.2. The number of hydrogen-bond acceptors (Lipinski definition) is 6. The van der Waals surface area contributed by atoms with Gasteiger partial charge in [-0.3, -0.25) is 14.7 Å². The normalized spacial score (nSPS) is 20.0. The molecule has 2 aromatic rings. The molecule has 0 radical (unpaired) electrons. The van der Waals surface area contributed by atoms with Crippen molar-refractivity contribution in [2.75, 3.05) is 20.6 Å². The fraction of sp³-hybridized carbons (Fsp3) is 0.368. The van der Waals surface area contributed by atoms with Gasteiger partial charge in [0.15, 0.2) is 0 Å². The predicted octanol–water partition coefficient (Wildman–Crippen LogP) is 0.408. The zero-order chi connectivity index (χ0) is 19.7.